The van der Waals surface area contributed by atoms with Crippen LogP contribution in [0, 0.1) is 0 Å². The fraction of sp³-hybridized carbons (Fsp3) is 0.476. The number of nitrogens with zero attached hydrogens (tertiary/aromatic N) is 1. The van der Waals surface area contributed by atoms with Crippen LogP contribution in [0.1, 0.15) is 24.8 Å². The zero-order valence-electron chi connectivity index (χ0n) is 18.0. The molecular weight excluding hydrogens is 434 g/mol. The van der Waals surface area contributed by atoms with Crippen LogP contribution in [0.4, 0.5) is 0 Å². The second kappa shape index (κ2) is 11.9. The number of carbonyl (C=O) groups is 5. The molecule has 1 saturated heterocycles. The van der Waals surface area contributed by atoms with Gasteiger partial charge in [-0.1, -0.05) is 30.3 Å². The van der Waals surface area contributed by atoms with E-state index in [1.165, 1.54) is 4.90 Å². The zero-order valence-corrected chi connectivity index (χ0v) is 18.0. The van der Waals surface area contributed by atoms with Gasteiger partial charge >= 0.3 is 5.97 Å². The molecular formula is C21H29N5O7. The Hall–Kier alpha value is -3.51. The van der Waals surface area contributed by atoms with Gasteiger partial charge in [-0.15, -0.1) is 0 Å². The van der Waals surface area contributed by atoms with E-state index in [2.05, 4.69) is 10.6 Å². The third-order valence-corrected chi connectivity index (χ3v) is 5.29. The topological polar surface area (TPSA) is 205 Å². The van der Waals surface area contributed by atoms with Crippen molar-refractivity contribution in [1.82, 2.24) is 15.5 Å². The van der Waals surface area contributed by atoms with E-state index in [1.54, 1.807) is 30.3 Å². The van der Waals surface area contributed by atoms with Gasteiger partial charge in [0.15, 0.2) is 0 Å². The van der Waals surface area contributed by atoms with Crippen molar-refractivity contribution in [1.29, 1.82) is 0 Å². The van der Waals surface area contributed by atoms with Gasteiger partial charge in [0.05, 0.1) is 13.0 Å². The largest absolute Gasteiger partial charge is 0.480 e. The van der Waals surface area contributed by atoms with Gasteiger partial charge in [-0.25, -0.2) is 4.79 Å². The lowest BCUT2D eigenvalue weighted by Crippen LogP contribution is -2.57. The van der Waals surface area contributed by atoms with E-state index in [9.17, 15) is 29.1 Å². The summed E-state index contributed by atoms with van der Waals surface area (Å²) < 4.78 is 0. The minimum absolute atomic E-state index is 0.0108. The molecule has 1 heterocycles. The predicted molar refractivity (Wildman–Crippen MR) is 115 cm³/mol. The predicted octanol–water partition coefficient (Wildman–Crippen LogP) is -2.53. The summed E-state index contributed by atoms with van der Waals surface area (Å²) in [4.78, 5) is 62.3. The van der Waals surface area contributed by atoms with Crippen LogP contribution in [-0.2, 0) is 30.4 Å². The molecule has 0 aliphatic carbocycles. The van der Waals surface area contributed by atoms with Crippen LogP contribution in [0.15, 0.2) is 30.3 Å². The average molecular weight is 463 g/mol. The molecule has 0 spiro atoms. The van der Waals surface area contributed by atoms with Crippen molar-refractivity contribution in [2.45, 2.75) is 49.9 Å². The Morgan fingerprint density at radius 1 is 1.09 bits per heavy atom. The molecule has 1 aliphatic rings. The maximum atomic E-state index is 12.8. The lowest BCUT2D eigenvalue weighted by molar-refractivity contribution is -0.143. The fourth-order valence-corrected chi connectivity index (χ4v) is 3.59. The Morgan fingerprint density at radius 3 is 2.33 bits per heavy atom. The third-order valence-electron chi connectivity index (χ3n) is 5.29. The molecule has 1 aromatic carbocycles. The third kappa shape index (κ3) is 7.26. The summed E-state index contributed by atoms with van der Waals surface area (Å²) in [7, 11) is 0. The number of hydrogen-bond donors (Lipinski definition) is 6. The number of aliphatic hydroxyl groups is 1. The van der Waals surface area contributed by atoms with Crippen LogP contribution in [-0.4, -0.2) is 82.0 Å². The molecule has 1 aliphatic heterocycles. The number of nitrogens with two attached hydrogens (primary N) is 2. The highest BCUT2D eigenvalue weighted by molar-refractivity contribution is 5.96. The summed E-state index contributed by atoms with van der Waals surface area (Å²) in [5.74, 6) is -4.38. The maximum Gasteiger partial charge on any atom is 0.326 e. The zero-order chi connectivity index (χ0) is 24.5. The van der Waals surface area contributed by atoms with Gasteiger partial charge in [0.2, 0.25) is 23.6 Å². The highest BCUT2D eigenvalue weighted by atomic mass is 16.4. The molecule has 180 valence electrons. The van der Waals surface area contributed by atoms with Crippen molar-refractivity contribution in [2.75, 3.05) is 13.2 Å². The number of nitrogens with one attached hydrogen (secondary N) is 2. The molecule has 2 rings (SSSR count). The van der Waals surface area contributed by atoms with Gasteiger partial charge in [0, 0.05) is 13.0 Å². The number of likely N-dealkylation sites (tertiary alicyclic amines) is 1. The minimum atomic E-state index is -1.43. The van der Waals surface area contributed by atoms with Gasteiger partial charge in [0.1, 0.15) is 24.2 Å². The number of amides is 4. The first-order valence-electron chi connectivity index (χ1n) is 10.5. The van der Waals surface area contributed by atoms with E-state index >= 15 is 0 Å². The van der Waals surface area contributed by atoms with Gasteiger partial charge in [0.25, 0.3) is 0 Å². The molecule has 4 unspecified atom stereocenters. The SMILES string of the molecule is NC(=O)CC(NC(=O)C1CCCN1C(=O)C(N)CO)C(=O)NC(Cc1ccccc1)C(=O)O. The lowest BCUT2D eigenvalue weighted by atomic mass is 10.0. The molecule has 8 N–H and O–H groups in total. The van der Waals surface area contributed by atoms with E-state index in [0.717, 1.165) is 0 Å². The van der Waals surface area contributed by atoms with Gasteiger partial charge in [-0.05, 0) is 18.4 Å². The molecule has 4 amide bonds. The fourth-order valence-electron chi connectivity index (χ4n) is 3.59. The van der Waals surface area contributed by atoms with E-state index in [1.807, 2.05) is 0 Å². The average Bonchev–Trinajstić information content (AvgIpc) is 3.27. The van der Waals surface area contributed by atoms with Crippen molar-refractivity contribution in [3.8, 4) is 0 Å². The van der Waals surface area contributed by atoms with Crippen molar-refractivity contribution < 1.29 is 34.2 Å². The van der Waals surface area contributed by atoms with Crippen LogP contribution in [0.5, 0.6) is 0 Å². The summed E-state index contributed by atoms with van der Waals surface area (Å²) in [6.07, 6.45) is 0.231. The standard InChI is InChI=1S/C21H29N5O7/c22-13(11-27)20(31)26-8-4-7-16(26)19(30)24-14(10-17(23)28)18(29)25-15(21(32)33)9-12-5-2-1-3-6-12/h1-3,5-6,13-16,27H,4,7-11,22H2,(H2,23,28)(H,24,30)(H,25,29)(H,32,33). The summed E-state index contributed by atoms with van der Waals surface area (Å²) in [6.45, 7) is -0.343. The van der Waals surface area contributed by atoms with Crippen molar-refractivity contribution in [3.63, 3.8) is 0 Å². The summed E-state index contributed by atoms with van der Waals surface area (Å²) in [6, 6.07) is 3.75. The molecule has 1 aromatic rings. The summed E-state index contributed by atoms with van der Waals surface area (Å²) >= 11 is 0. The molecule has 0 bridgehead atoms. The first-order valence-corrected chi connectivity index (χ1v) is 10.5. The quantitative estimate of drug-likeness (QED) is 0.206. The van der Waals surface area contributed by atoms with E-state index < -0.39 is 66.8 Å². The smallest absolute Gasteiger partial charge is 0.326 e. The Labute approximate surface area is 190 Å². The molecule has 12 nitrogen and oxygen atoms in total. The summed E-state index contributed by atoms with van der Waals surface area (Å²) in [5, 5.41) is 23.4. The molecule has 33 heavy (non-hydrogen) atoms. The van der Waals surface area contributed by atoms with Crippen LogP contribution in [0.2, 0.25) is 0 Å². The van der Waals surface area contributed by atoms with E-state index in [0.29, 0.717) is 18.4 Å². The van der Waals surface area contributed by atoms with Gasteiger partial charge < -0.3 is 37.2 Å². The number of rotatable bonds is 11. The molecule has 1 fully saturated rings. The lowest BCUT2D eigenvalue weighted by Gasteiger charge is -2.28. The number of benzene rings is 1. The van der Waals surface area contributed by atoms with Crippen molar-refractivity contribution >= 4 is 29.6 Å². The van der Waals surface area contributed by atoms with Crippen LogP contribution in [0.25, 0.3) is 0 Å². The molecule has 0 radical (unpaired) electrons. The summed E-state index contributed by atoms with van der Waals surface area (Å²) in [5.41, 5.74) is 11.4. The van der Waals surface area contributed by atoms with Crippen molar-refractivity contribution in [2.24, 2.45) is 11.5 Å². The first-order chi connectivity index (χ1) is 15.6. The number of hydrogen-bond acceptors (Lipinski definition) is 7. The Morgan fingerprint density at radius 2 is 1.76 bits per heavy atom. The second-order valence-corrected chi connectivity index (χ2v) is 7.80. The van der Waals surface area contributed by atoms with Crippen LogP contribution in [0.3, 0.4) is 0 Å². The van der Waals surface area contributed by atoms with Crippen LogP contribution < -0.4 is 22.1 Å². The number of primary amides is 1. The highest BCUT2D eigenvalue weighted by Crippen LogP contribution is 2.18. The first kappa shape index (κ1) is 25.7. The second-order valence-electron chi connectivity index (χ2n) is 7.80. The number of aliphatic hydroxyl groups excluding tert-OH is 1. The highest BCUT2D eigenvalue weighted by Gasteiger charge is 2.38. The van der Waals surface area contributed by atoms with Gasteiger partial charge in [-0.3, -0.25) is 19.2 Å². The number of carboxylic acid groups (broad SMARTS) is 1. The van der Waals surface area contributed by atoms with Gasteiger partial charge in [-0.2, -0.15) is 0 Å². The van der Waals surface area contributed by atoms with Crippen LogP contribution >= 0.6 is 0 Å². The van der Waals surface area contributed by atoms with E-state index in [-0.39, 0.29) is 13.0 Å². The molecule has 0 aromatic heterocycles. The number of carbonyl (C=O) groups excluding carboxylic acids is 4. The van der Waals surface area contributed by atoms with E-state index in [4.69, 9.17) is 16.6 Å². The Balaban J connectivity index is 2.11. The molecule has 0 saturated carbocycles. The molecule has 12 heteroatoms. The van der Waals surface area contributed by atoms with Crippen molar-refractivity contribution in [3.05, 3.63) is 35.9 Å². The Bertz CT molecular complexity index is 879. The number of aliphatic carboxylic acids is 1. The monoisotopic (exact) mass is 463 g/mol. The Kier molecular flexibility index (Phi) is 9.30. The minimum Gasteiger partial charge on any atom is -0.480 e. The molecule has 4 atom stereocenters. The number of carboxylic acids is 1. The maximum absolute atomic E-state index is 12.8. The normalized spacial score (nSPS) is 18.1.